The predicted molar refractivity (Wildman–Crippen MR) is 99.1 cm³/mol. The lowest BCUT2D eigenvalue weighted by atomic mass is 9.99. The van der Waals surface area contributed by atoms with Crippen molar-refractivity contribution in [1.29, 1.82) is 0 Å². The molecule has 1 amide bonds. The van der Waals surface area contributed by atoms with E-state index in [9.17, 15) is 22.4 Å². The molecule has 28 heavy (non-hydrogen) atoms. The number of hydrogen-bond acceptors (Lipinski definition) is 3. The number of carbonyl (C=O) groups excluding carboxylic acids is 1. The van der Waals surface area contributed by atoms with Crippen molar-refractivity contribution in [2.24, 2.45) is 0 Å². The van der Waals surface area contributed by atoms with Crippen molar-refractivity contribution in [2.45, 2.75) is 32.2 Å². The third-order valence-electron chi connectivity index (χ3n) is 4.28. The molecule has 9 heteroatoms. The van der Waals surface area contributed by atoms with Gasteiger partial charge in [-0.1, -0.05) is 18.2 Å². The summed E-state index contributed by atoms with van der Waals surface area (Å²) in [5.74, 6) is -1.09. The highest BCUT2D eigenvalue weighted by atomic mass is 35.5. The van der Waals surface area contributed by atoms with E-state index in [0.717, 1.165) is 5.56 Å². The lowest BCUT2D eigenvalue weighted by Crippen LogP contribution is -2.25. The molecule has 0 aliphatic carbocycles. The van der Waals surface area contributed by atoms with Gasteiger partial charge < -0.3 is 15.4 Å². The van der Waals surface area contributed by atoms with E-state index >= 15 is 0 Å². The predicted octanol–water partition coefficient (Wildman–Crippen LogP) is 4.36. The first kappa shape index (κ1) is 22.0. The number of halogens is 5. The zero-order valence-electron chi connectivity index (χ0n) is 14.7. The molecule has 0 atom stereocenters. The molecule has 0 spiro atoms. The van der Waals surface area contributed by atoms with Crippen LogP contribution in [0.4, 0.5) is 23.2 Å². The summed E-state index contributed by atoms with van der Waals surface area (Å²) in [5.41, 5.74) is 2.33. The van der Waals surface area contributed by atoms with Gasteiger partial charge in [-0.15, -0.1) is 25.6 Å². The average Bonchev–Trinajstić information content (AvgIpc) is 2.62. The van der Waals surface area contributed by atoms with Crippen LogP contribution in [0.2, 0.25) is 0 Å². The van der Waals surface area contributed by atoms with Crippen LogP contribution in [0, 0.1) is 5.82 Å². The molecule has 0 radical (unpaired) electrons. The summed E-state index contributed by atoms with van der Waals surface area (Å²) in [6.07, 6.45) is -3.78. The Bertz CT molecular complexity index is 826. The molecular formula is C19H19ClF4N2O2. The van der Waals surface area contributed by atoms with Gasteiger partial charge in [-0.3, -0.25) is 4.79 Å². The molecule has 0 fully saturated rings. The van der Waals surface area contributed by atoms with Crippen LogP contribution in [0.1, 0.15) is 23.1 Å². The number of anilines is 1. The van der Waals surface area contributed by atoms with E-state index in [1.165, 1.54) is 24.3 Å². The maximum atomic E-state index is 14.5. The van der Waals surface area contributed by atoms with Crippen LogP contribution < -0.4 is 15.4 Å². The number of hydrogen-bond donors (Lipinski definition) is 2. The first-order valence-electron chi connectivity index (χ1n) is 8.47. The highest BCUT2D eigenvalue weighted by molar-refractivity contribution is 5.91. The van der Waals surface area contributed by atoms with Crippen LogP contribution in [0.25, 0.3) is 0 Å². The minimum Gasteiger partial charge on any atom is -0.406 e. The third-order valence-corrected chi connectivity index (χ3v) is 4.28. The molecule has 3 rings (SSSR count). The monoisotopic (exact) mass is 418 g/mol. The van der Waals surface area contributed by atoms with Gasteiger partial charge in [-0.05, 0) is 54.3 Å². The van der Waals surface area contributed by atoms with E-state index in [2.05, 4.69) is 15.4 Å². The van der Waals surface area contributed by atoms with E-state index in [4.69, 9.17) is 0 Å². The Labute approximate surface area is 165 Å². The van der Waals surface area contributed by atoms with E-state index < -0.39 is 12.2 Å². The topological polar surface area (TPSA) is 50.4 Å². The maximum absolute atomic E-state index is 14.5. The smallest absolute Gasteiger partial charge is 0.406 e. The number of ether oxygens (including phenoxy) is 1. The molecule has 1 heterocycles. The first-order chi connectivity index (χ1) is 12.8. The van der Waals surface area contributed by atoms with Gasteiger partial charge in [0, 0.05) is 13.0 Å². The molecule has 0 aromatic heterocycles. The van der Waals surface area contributed by atoms with E-state index in [-0.39, 0.29) is 36.2 Å². The molecule has 2 aromatic rings. The molecule has 2 N–H and O–H groups in total. The van der Waals surface area contributed by atoms with Crippen molar-refractivity contribution in [1.82, 2.24) is 5.32 Å². The van der Waals surface area contributed by atoms with Crippen molar-refractivity contribution >= 4 is 24.0 Å². The van der Waals surface area contributed by atoms with Gasteiger partial charge in [-0.25, -0.2) is 4.39 Å². The highest BCUT2D eigenvalue weighted by Crippen LogP contribution is 2.25. The summed E-state index contributed by atoms with van der Waals surface area (Å²) >= 11 is 0. The number of amides is 1. The number of fused-ring (bicyclic) bond motifs is 1. The van der Waals surface area contributed by atoms with Gasteiger partial charge in [-0.2, -0.15) is 0 Å². The molecule has 1 aliphatic rings. The van der Waals surface area contributed by atoms with Crippen LogP contribution in [0.3, 0.4) is 0 Å². The average molecular weight is 419 g/mol. The summed E-state index contributed by atoms with van der Waals surface area (Å²) in [6, 6.07) is 8.64. The summed E-state index contributed by atoms with van der Waals surface area (Å²) in [4.78, 5) is 12.1. The second-order valence-corrected chi connectivity index (χ2v) is 6.23. The van der Waals surface area contributed by atoms with Crippen molar-refractivity contribution in [3.8, 4) is 5.75 Å². The normalized spacial score (nSPS) is 13.3. The van der Waals surface area contributed by atoms with Gasteiger partial charge in [0.05, 0.1) is 5.69 Å². The fourth-order valence-electron chi connectivity index (χ4n) is 2.96. The number of alkyl halides is 3. The molecule has 0 saturated carbocycles. The zero-order valence-corrected chi connectivity index (χ0v) is 15.6. The van der Waals surface area contributed by atoms with Gasteiger partial charge in [0.15, 0.2) is 0 Å². The Kier molecular flexibility index (Phi) is 7.26. The third kappa shape index (κ3) is 5.84. The first-order valence-corrected chi connectivity index (χ1v) is 8.47. The number of carbonyl (C=O) groups is 1. The van der Waals surface area contributed by atoms with Crippen molar-refractivity contribution in [2.75, 3.05) is 11.9 Å². The Balaban J connectivity index is 0.00000280. The number of nitrogens with one attached hydrogen (secondary N) is 2. The van der Waals surface area contributed by atoms with Gasteiger partial charge in [0.25, 0.3) is 0 Å². The molecule has 0 unspecified atom stereocenters. The minimum atomic E-state index is -4.74. The summed E-state index contributed by atoms with van der Waals surface area (Å²) in [6.45, 7) is 1.30. The minimum absolute atomic E-state index is 0. The van der Waals surface area contributed by atoms with Crippen LogP contribution in [-0.2, 0) is 24.2 Å². The lowest BCUT2D eigenvalue weighted by molar-refractivity contribution is -0.274. The van der Waals surface area contributed by atoms with Crippen LogP contribution in [-0.4, -0.2) is 18.8 Å². The summed E-state index contributed by atoms with van der Waals surface area (Å²) in [7, 11) is 0. The Morgan fingerprint density at radius 1 is 1.14 bits per heavy atom. The lowest BCUT2D eigenvalue weighted by Gasteiger charge is -2.19. The van der Waals surface area contributed by atoms with Crippen molar-refractivity contribution in [3.05, 3.63) is 58.9 Å². The second-order valence-electron chi connectivity index (χ2n) is 6.23. The molecule has 1 aliphatic heterocycles. The molecule has 2 aromatic carbocycles. The number of aryl methyl sites for hydroxylation is 1. The Morgan fingerprint density at radius 3 is 2.54 bits per heavy atom. The molecule has 0 saturated heterocycles. The highest BCUT2D eigenvalue weighted by Gasteiger charge is 2.30. The largest absolute Gasteiger partial charge is 0.573 e. The molecule has 152 valence electrons. The number of rotatable bonds is 5. The maximum Gasteiger partial charge on any atom is 0.573 e. The van der Waals surface area contributed by atoms with Crippen LogP contribution in [0.15, 0.2) is 36.4 Å². The fraction of sp³-hybridized carbons (Fsp3) is 0.316. The van der Waals surface area contributed by atoms with Crippen molar-refractivity contribution in [3.63, 3.8) is 0 Å². The van der Waals surface area contributed by atoms with Gasteiger partial charge in [0.1, 0.15) is 11.6 Å². The van der Waals surface area contributed by atoms with Gasteiger partial charge in [0.2, 0.25) is 5.91 Å². The summed E-state index contributed by atoms with van der Waals surface area (Å²) in [5, 5.41) is 5.72. The fourth-order valence-corrected chi connectivity index (χ4v) is 2.96. The van der Waals surface area contributed by atoms with E-state index in [0.29, 0.717) is 37.1 Å². The SMILES string of the molecule is Cl.O=C(CCc1ccc(OC(F)(F)F)cc1)Nc1ccc2c(c1F)CCNC2. The molecule has 0 bridgehead atoms. The molecule has 4 nitrogen and oxygen atoms in total. The van der Waals surface area contributed by atoms with Crippen molar-refractivity contribution < 1.29 is 27.1 Å². The second kappa shape index (κ2) is 9.25. The Hall–Kier alpha value is -2.32. The quantitative estimate of drug-likeness (QED) is 0.709. The van der Waals surface area contributed by atoms with Gasteiger partial charge >= 0.3 is 6.36 Å². The summed E-state index contributed by atoms with van der Waals surface area (Å²) < 4.78 is 54.7. The van der Waals surface area contributed by atoms with E-state index in [1.807, 2.05) is 0 Å². The molecular weight excluding hydrogens is 400 g/mol. The standard InChI is InChI=1S/C19H18F4N2O2.ClH/c20-18-15-9-10-24-11-13(15)4-7-16(18)25-17(26)8-3-12-1-5-14(6-2-12)27-19(21,22)23;/h1-2,4-7,24H,3,8-11H2,(H,25,26);1H. The number of benzene rings is 2. The van der Waals surface area contributed by atoms with E-state index in [1.54, 1.807) is 12.1 Å². The van der Waals surface area contributed by atoms with Crippen LogP contribution >= 0.6 is 12.4 Å². The zero-order chi connectivity index (χ0) is 19.4. The van der Waals surface area contributed by atoms with Crippen LogP contribution in [0.5, 0.6) is 5.75 Å². The Morgan fingerprint density at radius 2 is 1.86 bits per heavy atom.